The van der Waals surface area contributed by atoms with Gasteiger partial charge in [0.1, 0.15) is 0 Å². The van der Waals surface area contributed by atoms with Gasteiger partial charge in [0.05, 0.1) is 10.9 Å². The zero-order valence-electron chi connectivity index (χ0n) is 15.9. The molecular weight excluding hydrogens is 358 g/mol. The molecule has 6 heteroatoms. The van der Waals surface area contributed by atoms with Crippen LogP contribution in [0.25, 0.3) is 0 Å². The second-order valence-electron chi connectivity index (χ2n) is 7.28. The molecule has 1 atom stereocenters. The molecule has 144 valence electrons. The summed E-state index contributed by atoms with van der Waals surface area (Å²) < 4.78 is 0. The van der Waals surface area contributed by atoms with Crippen LogP contribution in [0.1, 0.15) is 34.1 Å². The van der Waals surface area contributed by atoms with E-state index in [-0.39, 0.29) is 23.8 Å². The molecule has 1 aliphatic heterocycles. The van der Waals surface area contributed by atoms with E-state index in [1.54, 1.807) is 0 Å². The Hall–Kier alpha value is -2.18. The van der Waals surface area contributed by atoms with E-state index < -0.39 is 0 Å². The van der Waals surface area contributed by atoms with Crippen molar-refractivity contribution in [2.45, 2.75) is 18.9 Å². The van der Waals surface area contributed by atoms with Gasteiger partial charge in [-0.3, -0.25) is 9.59 Å². The summed E-state index contributed by atoms with van der Waals surface area (Å²) in [7, 11) is 4.02. The summed E-state index contributed by atoms with van der Waals surface area (Å²) in [6.07, 6.45) is 1.43. The van der Waals surface area contributed by atoms with Crippen LogP contribution in [0.2, 0.25) is 0 Å². The Labute approximate surface area is 165 Å². The molecule has 2 heterocycles. The van der Waals surface area contributed by atoms with Crippen LogP contribution in [-0.2, 0) is 4.79 Å². The number of benzene rings is 1. The van der Waals surface area contributed by atoms with Crippen LogP contribution < -0.4 is 5.32 Å². The van der Waals surface area contributed by atoms with E-state index in [1.165, 1.54) is 11.3 Å². The van der Waals surface area contributed by atoms with Crippen LogP contribution in [0.15, 0.2) is 47.8 Å². The first-order valence-corrected chi connectivity index (χ1v) is 10.3. The molecule has 0 saturated carbocycles. The molecule has 1 aliphatic rings. The number of likely N-dealkylation sites (tertiary alicyclic amines) is 1. The number of hydrogen-bond donors (Lipinski definition) is 1. The smallest absolute Gasteiger partial charge is 0.263 e. The molecule has 1 fully saturated rings. The van der Waals surface area contributed by atoms with Crippen molar-refractivity contribution in [2.24, 2.45) is 5.92 Å². The van der Waals surface area contributed by atoms with Gasteiger partial charge in [-0.2, -0.15) is 0 Å². The number of nitrogens with zero attached hydrogens (tertiary/aromatic N) is 2. The van der Waals surface area contributed by atoms with Gasteiger partial charge in [0, 0.05) is 25.6 Å². The van der Waals surface area contributed by atoms with Gasteiger partial charge in [0.25, 0.3) is 5.91 Å². The Bertz CT molecular complexity index is 738. The third-order valence-corrected chi connectivity index (χ3v) is 5.81. The van der Waals surface area contributed by atoms with Gasteiger partial charge < -0.3 is 15.1 Å². The number of likely N-dealkylation sites (N-methyl/N-ethyl adjacent to an activating group) is 1. The molecule has 1 aromatic carbocycles. The highest BCUT2D eigenvalue weighted by molar-refractivity contribution is 7.12. The zero-order chi connectivity index (χ0) is 19.2. The summed E-state index contributed by atoms with van der Waals surface area (Å²) in [4.78, 5) is 30.0. The van der Waals surface area contributed by atoms with Crippen molar-refractivity contribution in [2.75, 3.05) is 33.7 Å². The lowest BCUT2D eigenvalue weighted by Gasteiger charge is -2.32. The minimum absolute atomic E-state index is 0.0283. The van der Waals surface area contributed by atoms with Gasteiger partial charge in [0.15, 0.2) is 0 Å². The summed E-state index contributed by atoms with van der Waals surface area (Å²) in [5.74, 6) is 0.137. The summed E-state index contributed by atoms with van der Waals surface area (Å²) in [5, 5.41) is 5.14. The molecule has 0 radical (unpaired) electrons. The highest BCUT2D eigenvalue weighted by Gasteiger charge is 2.29. The van der Waals surface area contributed by atoms with Gasteiger partial charge >= 0.3 is 0 Å². The fourth-order valence-corrected chi connectivity index (χ4v) is 4.17. The minimum Gasteiger partial charge on any atom is -0.348 e. The second-order valence-corrected chi connectivity index (χ2v) is 8.23. The van der Waals surface area contributed by atoms with E-state index in [0.29, 0.717) is 25.9 Å². The molecule has 1 aromatic heterocycles. The quantitative estimate of drug-likeness (QED) is 0.832. The molecule has 0 bridgehead atoms. The molecule has 1 N–H and O–H groups in total. The van der Waals surface area contributed by atoms with Gasteiger partial charge in [-0.15, -0.1) is 11.3 Å². The number of hydrogen-bond acceptors (Lipinski definition) is 4. The molecular formula is C21H27N3O2S. The molecule has 1 saturated heterocycles. The van der Waals surface area contributed by atoms with Crippen LogP contribution in [-0.4, -0.2) is 55.3 Å². The summed E-state index contributed by atoms with van der Waals surface area (Å²) >= 11 is 1.47. The Morgan fingerprint density at radius 1 is 1.15 bits per heavy atom. The largest absolute Gasteiger partial charge is 0.348 e. The number of rotatable bonds is 6. The maximum absolute atomic E-state index is 12.8. The van der Waals surface area contributed by atoms with Crippen molar-refractivity contribution in [3.05, 3.63) is 58.3 Å². The van der Waals surface area contributed by atoms with Gasteiger partial charge in [-0.05, 0) is 43.9 Å². The molecule has 3 rings (SSSR count). The number of nitrogens with one attached hydrogen (secondary N) is 1. The first-order chi connectivity index (χ1) is 13.0. The number of piperidine rings is 1. The van der Waals surface area contributed by atoms with E-state index in [4.69, 9.17) is 0 Å². The number of carbonyl (C=O) groups excluding carboxylic acids is 2. The van der Waals surface area contributed by atoms with Crippen LogP contribution in [0.5, 0.6) is 0 Å². The van der Waals surface area contributed by atoms with E-state index in [1.807, 2.05) is 54.7 Å². The Morgan fingerprint density at radius 3 is 2.44 bits per heavy atom. The van der Waals surface area contributed by atoms with Gasteiger partial charge in [0.2, 0.25) is 5.91 Å². The van der Waals surface area contributed by atoms with E-state index >= 15 is 0 Å². The van der Waals surface area contributed by atoms with E-state index in [0.717, 1.165) is 17.0 Å². The lowest BCUT2D eigenvalue weighted by molar-refractivity contribution is -0.127. The molecule has 0 unspecified atom stereocenters. The molecule has 0 aliphatic carbocycles. The topological polar surface area (TPSA) is 52.7 Å². The van der Waals surface area contributed by atoms with Crippen molar-refractivity contribution < 1.29 is 9.59 Å². The SMILES string of the molecule is CN(C)C[C@@H](NC(=O)C1CCN(C(=O)c2cccs2)CC1)c1ccccc1. The monoisotopic (exact) mass is 385 g/mol. The van der Waals surface area contributed by atoms with Gasteiger partial charge in [-0.1, -0.05) is 36.4 Å². The molecule has 27 heavy (non-hydrogen) atoms. The molecule has 2 amide bonds. The van der Waals surface area contributed by atoms with Crippen molar-refractivity contribution in [3.8, 4) is 0 Å². The third kappa shape index (κ3) is 5.17. The zero-order valence-corrected chi connectivity index (χ0v) is 16.7. The average Bonchev–Trinajstić information content (AvgIpc) is 3.22. The lowest BCUT2D eigenvalue weighted by Crippen LogP contribution is -2.44. The normalized spacial score (nSPS) is 16.3. The Balaban J connectivity index is 1.57. The predicted octanol–water partition coefficient (Wildman–Crippen LogP) is 3.02. The Morgan fingerprint density at radius 2 is 1.85 bits per heavy atom. The average molecular weight is 386 g/mol. The minimum atomic E-state index is -0.0363. The van der Waals surface area contributed by atoms with Crippen molar-refractivity contribution >= 4 is 23.2 Å². The molecule has 0 spiro atoms. The standard InChI is InChI=1S/C21H27N3O2S/c1-23(2)15-18(16-7-4-3-5-8-16)22-20(25)17-10-12-24(13-11-17)21(26)19-9-6-14-27-19/h3-9,14,17-18H,10-13,15H2,1-2H3,(H,22,25)/t18-/m1/s1. The fraction of sp³-hybridized carbons (Fsp3) is 0.429. The molecule has 5 nitrogen and oxygen atoms in total. The van der Waals surface area contributed by atoms with Crippen LogP contribution in [0.3, 0.4) is 0 Å². The van der Waals surface area contributed by atoms with E-state index in [9.17, 15) is 9.59 Å². The van der Waals surface area contributed by atoms with Gasteiger partial charge in [-0.25, -0.2) is 0 Å². The lowest BCUT2D eigenvalue weighted by atomic mass is 9.94. The number of thiophene rings is 1. The fourth-order valence-electron chi connectivity index (χ4n) is 3.48. The second kappa shape index (κ2) is 9.15. The van der Waals surface area contributed by atoms with Crippen molar-refractivity contribution in [3.63, 3.8) is 0 Å². The maximum atomic E-state index is 12.8. The number of amides is 2. The van der Waals surface area contributed by atoms with Crippen LogP contribution >= 0.6 is 11.3 Å². The van der Waals surface area contributed by atoms with E-state index in [2.05, 4.69) is 22.3 Å². The first kappa shape index (κ1) is 19.6. The van der Waals surface area contributed by atoms with Crippen LogP contribution in [0, 0.1) is 5.92 Å². The number of carbonyl (C=O) groups is 2. The summed E-state index contributed by atoms with van der Waals surface area (Å²) in [6, 6.07) is 13.8. The highest BCUT2D eigenvalue weighted by Crippen LogP contribution is 2.22. The predicted molar refractivity (Wildman–Crippen MR) is 109 cm³/mol. The summed E-state index contributed by atoms with van der Waals surface area (Å²) in [5.41, 5.74) is 1.12. The van der Waals surface area contributed by atoms with Crippen molar-refractivity contribution in [1.82, 2.24) is 15.1 Å². The Kier molecular flexibility index (Phi) is 6.63. The highest BCUT2D eigenvalue weighted by atomic mass is 32.1. The first-order valence-electron chi connectivity index (χ1n) is 9.37. The van der Waals surface area contributed by atoms with Crippen LogP contribution in [0.4, 0.5) is 0 Å². The third-order valence-electron chi connectivity index (χ3n) is 4.95. The maximum Gasteiger partial charge on any atom is 0.263 e. The summed E-state index contributed by atoms with van der Waals surface area (Å²) in [6.45, 7) is 2.03. The van der Waals surface area contributed by atoms with Crippen molar-refractivity contribution in [1.29, 1.82) is 0 Å². The molecule has 2 aromatic rings.